The summed E-state index contributed by atoms with van der Waals surface area (Å²) >= 11 is 3.30. The molecule has 1 aromatic carbocycles. The summed E-state index contributed by atoms with van der Waals surface area (Å²) in [5.41, 5.74) is 6.10. The van der Waals surface area contributed by atoms with Gasteiger partial charge in [0.1, 0.15) is 5.54 Å². The van der Waals surface area contributed by atoms with Crippen molar-refractivity contribution in [1.29, 1.82) is 5.26 Å². The van der Waals surface area contributed by atoms with E-state index in [-0.39, 0.29) is 12.5 Å². The summed E-state index contributed by atoms with van der Waals surface area (Å²) in [7, 11) is 0. The predicted octanol–water partition coefficient (Wildman–Crippen LogP) is 1.38. The Morgan fingerprint density at radius 2 is 2.39 bits per heavy atom. The van der Waals surface area contributed by atoms with Crippen LogP contribution >= 0.6 is 15.9 Å². The third-order valence-corrected chi connectivity index (χ3v) is 3.51. The molecule has 0 radical (unpaired) electrons. The Kier molecular flexibility index (Phi) is 3.66. The summed E-state index contributed by atoms with van der Waals surface area (Å²) in [5, 5.41) is 11.5. The van der Waals surface area contributed by atoms with E-state index in [1.807, 2.05) is 6.07 Å². The summed E-state index contributed by atoms with van der Waals surface area (Å²) in [6, 6.07) is 6.97. The summed E-state index contributed by atoms with van der Waals surface area (Å²) in [6.45, 7) is 0.727. The number of benzene rings is 1. The maximum atomic E-state index is 12.0. The average molecular weight is 310 g/mol. The maximum absolute atomic E-state index is 12.0. The number of carbonyl (C=O) groups is 1. The highest BCUT2D eigenvalue weighted by atomic mass is 79.9. The second kappa shape index (κ2) is 5.06. The van der Waals surface area contributed by atoms with Gasteiger partial charge in [0.2, 0.25) is 5.91 Å². The lowest BCUT2D eigenvalue weighted by Crippen LogP contribution is -2.51. The van der Waals surface area contributed by atoms with E-state index in [4.69, 9.17) is 15.7 Å². The van der Waals surface area contributed by atoms with Crippen molar-refractivity contribution >= 4 is 27.5 Å². The van der Waals surface area contributed by atoms with Gasteiger partial charge in [-0.3, -0.25) is 4.79 Å². The molecule has 1 saturated heterocycles. The molecule has 0 bridgehead atoms. The zero-order valence-electron chi connectivity index (χ0n) is 9.57. The lowest BCUT2D eigenvalue weighted by molar-refractivity contribution is -0.121. The second-order valence-corrected chi connectivity index (χ2v) is 5.07. The quantitative estimate of drug-likeness (QED) is 0.863. The minimum atomic E-state index is -0.965. The topological polar surface area (TPSA) is 88.1 Å². The molecular formula is C12H12BrN3O2. The standard InChI is InChI=1S/C12H12BrN3O2/c13-9-5-8(6-14)1-2-10(9)16-11(17)12(15)3-4-18-7-12/h1-2,5H,3-4,7,15H2,(H,16,17). The number of anilines is 1. The van der Waals surface area contributed by atoms with E-state index in [1.165, 1.54) is 0 Å². The first-order chi connectivity index (χ1) is 8.55. The minimum Gasteiger partial charge on any atom is -0.379 e. The van der Waals surface area contributed by atoms with Crippen LogP contribution < -0.4 is 11.1 Å². The molecule has 1 heterocycles. The fraction of sp³-hybridized carbons (Fsp3) is 0.333. The van der Waals surface area contributed by atoms with E-state index >= 15 is 0 Å². The molecule has 1 amide bonds. The number of nitrogens with two attached hydrogens (primary N) is 1. The van der Waals surface area contributed by atoms with E-state index in [9.17, 15) is 4.79 Å². The van der Waals surface area contributed by atoms with Gasteiger partial charge in [-0.1, -0.05) is 0 Å². The smallest absolute Gasteiger partial charge is 0.246 e. The molecule has 1 unspecified atom stereocenters. The summed E-state index contributed by atoms with van der Waals surface area (Å²) in [6.07, 6.45) is 0.507. The zero-order valence-corrected chi connectivity index (χ0v) is 11.2. The van der Waals surface area contributed by atoms with E-state index in [1.54, 1.807) is 18.2 Å². The van der Waals surface area contributed by atoms with Crippen molar-refractivity contribution in [3.8, 4) is 6.07 Å². The van der Waals surface area contributed by atoms with Gasteiger partial charge in [-0.2, -0.15) is 5.26 Å². The third kappa shape index (κ3) is 2.53. The van der Waals surface area contributed by atoms with Crippen LogP contribution in [0.4, 0.5) is 5.69 Å². The Morgan fingerprint density at radius 3 is 2.94 bits per heavy atom. The Labute approximate surface area is 113 Å². The Bertz CT molecular complexity index is 519. The van der Waals surface area contributed by atoms with Crippen molar-refractivity contribution in [3.05, 3.63) is 28.2 Å². The van der Waals surface area contributed by atoms with Crippen LogP contribution in [0.2, 0.25) is 0 Å². The van der Waals surface area contributed by atoms with Crippen molar-refractivity contribution in [1.82, 2.24) is 0 Å². The van der Waals surface area contributed by atoms with Crippen molar-refractivity contribution in [2.45, 2.75) is 12.0 Å². The Balaban J connectivity index is 2.15. The van der Waals surface area contributed by atoms with Gasteiger partial charge in [0.25, 0.3) is 0 Å². The molecule has 1 atom stereocenters. The zero-order chi connectivity index (χ0) is 13.2. The molecule has 5 nitrogen and oxygen atoms in total. The molecule has 3 N–H and O–H groups in total. The van der Waals surface area contributed by atoms with Crippen LogP contribution in [-0.2, 0) is 9.53 Å². The largest absolute Gasteiger partial charge is 0.379 e. The number of halogens is 1. The predicted molar refractivity (Wildman–Crippen MR) is 69.8 cm³/mol. The van der Waals surface area contributed by atoms with Crippen LogP contribution in [0.5, 0.6) is 0 Å². The van der Waals surface area contributed by atoms with E-state index in [2.05, 4.69) is 21.2 Å². The summed E-state index contributed by atoms with van der Waals surface area (Å²) < 4.78 is 5.80. The van der Waals surface area contributed by atoms with E-state index < -0.39 is 5.54 Å². The van der Waals surface area contributed by atoms with Crippen molar-refractivity contribution in [2.24, 2.45) is 5.73 Å². The van der Waals surface area contributed by atoms with Gasteiger partial charge in [-0.05, 0) is 40.5 Å². The molecule has 0 saturated carbocycles. The van der Waals surface area contributed by atoms with E-state index in [0.29, 0.717) is 28.8 Å². The third-order valence-electron chi connectivity index (χ3n) is 2.85. The molecule has 2 rings (SSSR count). The normalized spacial score (nSPS) is 22.5. The van der Waals surface area contributed by atoms with Gasteiger partial charge < -0.3 is 15.8 Å². The molecule has 0 spiro atoms. The van der Waals surface area contributed by atoms with Crippen molar-refractivity contribution < 1.29 is 9.53 Å². The molecule has 18 heavy (non-hydrogen) atoms. The van der Waals surface area contributed by atoms with Gasteiger partial charge in [-0.25, -0.2) is 0 Å². The monoisotopic (exact) mass is 309 g/mol. The summed E-state index contributed by atoms with van der Waals surface area (Å²) in [4.78, 5) is 12.0. The number of hydrogen-bond donors (Lipinski definition) is 2. The second-order valence-electron chi connectivity index (χ2n) is 4.22. The Morgan fingerprint density at radius 1 is 1.61 bits per heavy atom. The number of amides is 1. The molecule has 94 valence electrons. The first-order valence-corrected chi connectivity index (χ1v) is 6.22. The first-order valence-electron chi connectivity index (χ1n) is 5.43. The van der Waals surface area contributed by atoms with Gasteiger partial charge >= 0.3 is 0 Å². The highest BCUT2D eigenvalue weighted by molar-refractivity contribution is 9.10. The number of ether oxygens (including phenoxy) is 1. The molecular weight excluding hydrogens is 298 g/mol. The molecule has 0 aromatic heterocycles. The van der Waals surface area contributed by atoms with Crippen molar-refractivity contribution in [3.63, 3.8) is 0 Å². The van der Waals surface area contributed by atoms with Crippen LogP contribution in [0.15, 0.2) is 22.7 Å². The molecule has 1 aliphatic rings. The Hall–Kier alpha value is -1.42. The lowest BCUT2D eigenvalue weighted by atomic mass is 9.99. The molecule has 1 fully saturated rings. The summed E-state index contributed by atoms with van der Waals surface area (Å²) in [5.74, 6) is -0.273. The number of nitrogens with one attached hydrogen (secondary N) is 1. The number of hydrogen-bond acceptors (Lipinski definition) is 4. The number of nitrogens with zero attached hydrogens (tertiary/aromatic N) is 1. The van der Waals surface area contributed by atoms with Crippen molar-refractivity contribution in [2.75, 3.05) is 18.5 Å². The first kappa shape index (κ1) is 13.0. The fourth-order valence-electron chi connectivity index (χ4n) is 1.69. The van der Waals surface area contributed by atoms with Crippen LogP contribution in [0.25, 0.3) is 0 Å². The highest BCUT2D eigenvalue weighted by Gasteiger charge is 2.38. The van der Waals surface area contributed by atoms with Gasteiger partial charge in [0.05, 0.1) is 23.9 Å². The molecule has 1 aliphatic heterocycles. The van der Waals surface area contributed by atoms with Crippen LogP contribution in [0.1, 0.15) is 12.0 Å². The lowest BCUT2D eigenvalue weighted by Gasteiger charge is -2.21. The SMILES string of the molecule is N#Cc1ccc(NC(=O)C2(N)CCOC2)c(Br)c1. The number of nitriles is 1. The van der Waals surface area contributed by atoms with Gasteiger partial charge in [0, 0.05) is 11.1 Å². The maximum Gasteiger partial charge on any atom is 0.246 e. The van der Waals surface area contributed by atoms with E-state index in [0.717, 1.165) is 0 Å². The van der Waals surface area contributed by atoms with Gasteiger partial charge in [0.15, 0.2) is 0 Å². The van der Waals surface area contributed by atoms with Crippen LogP contribution in [0, 0.1) is 11.3 Å². The number of carbonyl (C=O) groups excluding carboxylic acids is 1. The van der Waals surface area contributed by atoms with Gasteiger partial charge in [-0.15, -0.1) is 0 Å². The molecule has 1 aromatic rings. The highest BCUT2D eigenvalue weighted by Crippen LogP contribution is 2.25. The molecule has 6 heteroatoms. The fourth-order valence-corrected chi connectivity index (χ4v) is 2.17. The average Bonchev–Trinajstić information content (AvgIpc) is 2.80. The molecule has 0 aliphatic carbocycles. The number of rotatable bonds is 2. The minimum absolute atomic E-state index is 0.229. The van der Waals surface area contributed by atoms with Crippen LogP contribution in [0.3, 0.4) is 0 Å². The van der Waals surface area contributed by atoms with Crippen LogP contribution in [-0.4, -0.2) is 24.7 Å².